The summed E-state index contributed by atoms with van der Waals surface area (Å²) in [5.41, 5.74) is 5.33. The Morgan fingerprint density at radius 3 is 1.40 bits per heavy atom. The van der Waals surface area contributed by atoms with Crippen molar-refractivity contribution in [2.75, 3.05) is 0 Å². The van der Waals surface area contributed by atoms with Gasteiger partial charge in [-0.1, -0.05) is 54.6 Å². The number of nitrogens with zero attached hydrogens (tertiary/aromatic N) is 12. The Morgan fingerprint density at radius 1 is 0.443 bits per heavy atom. The number of rotatable bonds is 6. The lowest BCUT2D eigenvalue weighted by molar-refractivity contribution is 1.28. The molecule has 0 radical (unpaired) electrons. The maximum atomic E-state index is 11.7. The van der Waals surface area contributed by atoms with Crippen molar-refractivity contribution in [3.8, 4) is 58.7 Å². The van der Waals surface area contributed by atoms with Crippen LogP contribution < -0.4 is 0 Å². The Balaban J connectivity index is 1.66. The van der Waals surface area contributed by atoms with Crippen LogP contribution in [-0.4, -0.2) is 9.97 Å². The van der Waals surface area contributed by atoms with E-state index in [1.807, 2.05) is 0 Å². The van der Waals surface area contributed by atoms with Crippen LogP contribution in [0, 0.1) is 94.3 Å². The first-order chi connectivity index (χ1) is 34.3. The lowest BCUT2D eigenvalue weighted by Gasteiger charge is -2.24. The summed E-state index contributed by atoms with van der Waals surface area (Å²) in [5, 5.41) is 63.6. The van der Waals surface area contributed by atoms with E-state index in [1.165, 1.54) is 42.6 Å². The van der Waals surface area contributed by atoms with Crippen LogP contribution >= 0.6 is 0 Å². The third kappa shape index (κ3) is 7.04. The summed E-state index contributed by atoms with van der Waals surface area (Å²) in [5.74, 6) is 0. The zero-order valence-corrected chi connectivity index (χ0v) is 36.1. The van der Waals surface area contributed by atoms with Crippen LogP contribution in [0.25, 0.3) is 86.5 Å². The largest absolute Gasteiger partial charge is 0.258 e. The maximum absolute atomic E-state index is 11.7. The number of aromatic nitrogens is 2. The average Bonchev–Trinajstić information content (AvgIpc) is 3.94. The molecule has 0 aliphatic heterocycles. The van der Waals surface area contributed by atoms with Crippen molar-refractivity contribution in [2.24, 2.45) is 0 Å². The Morgan fingerprint density at radius 2 is 0.957 bits per heavy atom. The van der Waals surface area contributed by atoms with Gasteiger partial charge in [-0.05, 0) is 122 Å². The normalized spacial score (nSPS) is 13.2. The molecule has 2 aromatic heterocycles. The minimum Gasteiger partial charge on any atom is -0.258 e. The van der Waals surface area contributed by atoms with Crippen LogP contribution in [0.3, 0.4) is 0 Å². The third-order valence-corrected chi connectivity index (χ3v) is 11.8. The first kappa shape index (κ1) is 43.5. The van der Waals surface area contributed by atoms with Crippen molar-refractivity contribution in [3.63, 3.8) is 0 Å². The van der Waals surface area contributed by atoms with Crippen molar-refractivity contribution in [2.45, 2.75) is 0 Å². The molecule has 0 saturated carbocycles. The van der Waals surface area contributed by atoms with E-state index < -0.39 is 0 Å². The molecule has 12 nitrogen and oxygen atoms in total. The molecule has 9 rings (SSSR count). The zero-order valence-electron chi connectivity index (χ0n) is 36.1. The second kappa shape index (κ2) is 18.0. The van der Waals surface area contributed by atoms with E-state index in [1.54, 1.807) is 91.1 Å². The van der Waals surface area contributed by atoms with E-state index in [4.69, 9.17) is 36.3 Å². The lowest BCUT2D eigenvalue weighted by atomic mass is 9.78. The van der Waals surface area contributed by atoms with Gasteiger partial charge in [0, 0.05) is 34.7 Å². The number of hydrogen-bond acceptors (Lipinski definition) is 8. The summed E-state index contributed by atoms with van der Waals surface area (Å²) in [6, 6.07) is 45.4. The molecule has 12 heteroatoms. The highest BCUT2D eigenvalue weighted by Gasteiger charge is 2.44. The van der Waals surface area contributed by atoms with Gasteiger partial charge in [0.25, 0.3) is 0 Å². The quantitative estimate of drug-likeness (QED) is 0.117. The van der Waals surface area contributed by atoms with Crippen LogP contribution in [0.4, 0.5) is 11.4 Å². The molecule has 0 saturated heterocycles. The van der Waals surface area contributed by atoms with Crippen molar-refractivity contribution in [1.29, 1.82) is 31.6 Å². The van der Waals surface area contributed by atoms with E-state index in [2.05, 4.69) is 55.8 Å². The molecule has 0 atom stereocenters. The van der Waals surface area contributed by atoms with Crippen LogP contribution in [0.5, 0.6) is 0 Å². The highest BCUT2D eigenvalue weighted by atomic mass is 14.8. The fraction of sp³-hybridized carbons (Fsp3) is 0. The predicted molar refractivity (Wildman–Crippen MR) is 262 cm³/mol. The van der Waals surface area contributed by atoms with Crippen molar-refractivity contribution < 1.29 is 0 Å². The molecule has 2 heterocycles. The van der Waals surface area contributed by atoms with E-state index in [0.29, 0.717) is 44.5 Å². The van der Waals surface area contributed by atoms with Crippen LogP contribution in [0.2, 0.25) is 0 Å². The monoisotopic (exact) mass is 886 g/mol. The summed E-state index contributed by atoms with van der Waals surface area (Å²) in [7, 11) is 0. The standard InChI is InChI=1S/C58H22N12/c1-65-41-24-39(25-42(26-41)66-2)43(31-63)50-52(46-10-6-8-20-70-46)58(68-4)55-48(38-17-13-34(28-60)14-18-38)54-51(47(53(50)55)37-15-11-33(27-59)12-16-37)44(32-64)49(45-9-5-7-19-69-45)56(54)57(67-3)40-22-35(29-61)21-36(23-40)30-62/h5-26H/b50-43+,57-56-. The van der Waals surface area contributed by atoms with Crippen molar-refractivity contribution in [3.05, 3.63) is 246 Å². The molecule has 2 aliphatic rings. The molecule has 7 aromatic rings. The summed E-state index contributed by atoms with van der Waals surface area (Å²) in [4.78, 5) is 25.0. The summed E-state index contributed by atoms with van der Waals surface area (Å²) >= 11 is 0. The fourth-order valence-corrected chi connectivity index (χ4v) is 9.01. The van der Waals surface area contributed by atoms with Crippen LogP contribution in [0.15, 0.2) is 134 Å². The van der Waals surface area contributed by atoms with E-state index in [0.717, 1.165) is 0 Å². The molecule has 0 spiro atoms. The minimum absolute atomic E-state index is 0.0204. The number of nitriles is 6. The molecular weight excluding hydrogens is 865 g/mol. The van der Waals surface area contributed by atoms with Gasteiger partial charge in [-0.3, -0.25) is 9.97 Å². The minimum atomic E-state index is -0.0613. The SMILES string of the molecule is [C-]#[N+]C1=C(c2ccccn2)/C(=C(/C#N)c2cc([N+]#[C-])cc([N+]#[C-])c2)c2c1c(-c1ccc(C#N)cc1)c1c(c2-c2ccc(C#N)cc2)C(C#N)=C(c2ccccn2)/C1=C(/[N+]#[C-])c1cc(C#N)cc(C#N)c1. The molecule has 70 heavy (non-hydrogen) atoms. The first-order valence-corrected chi connectivity index (χ1v) is 20.8. The topological polar surface area (TPSA) is 186 Å². The zero-order chi connectivity index (χ0) is 49.1. The first-order valence-electron chi connectivity index (χ1n) is 20.8. The Labute approximate surface area is 401 Å². The van der Waals surface area contributed by atoms with Gasteiger partial charge >= 0.3 is 0 Å². The number of pyridine rings is 2. The van der Waals surface area contributed by atoms with Gasteiger partial charge < -0.3 is 0 Å². The Bertz CT molecular complexity index is 3730. The molecule has 314 valence electrons. The van der Waals surface area contributed by atoms with Gasteiger partial charge in [0.1, 0.15) is 12.1 Å². The smallest absolute Gasteiger partial charge is 0.205 e. The molecule has 0 N–H and O–H groups in total. The van der Waals surface area contributed by atoms with E-state index in [-0.39, 0.29) is 101 Å². The number of benzene rings is 5. The van der Waals surface area contributed by atoms with Gasteiger partial charge in [0.2, 0.25) is 11.4 Å². The number of fused-ring (bicyclic) bond motifs is 2. The van der Waals surface area contributed by atoms with Crippen molar-refractivity contribution in [1.82, 2.24) is 9.97 Å². The highest BCUT2D eigenvalue weighted by molar-refractivity contribution is 6.38. The maximum Gasteiger partial charge on any atom is 0.205 e. The molecule has 0 bridgehead atoms. The van der Waals surface area contributed by atoms with Gasteiger partial charge in [0.15, 0.2) is 11.4 Å². The fourth-order valence-electron chi connectivity index (χ4n) is 9.01. The predicted octanol–water partition coefficient (Wildman–Crippen LogP) is 12.9. The van der Waals surface area contributed by atoms with E-state index >= 15 is 0 Å². The van der Waals surface area contributed by atoms with Gasteiger partial charge in [-0.25, -0.2) is 19.4 Å². The molecule has 5 aromatic carbocycles. The third-order valence-electron chi connectivity index (χ3n) is 11.8. The molecular formula is C58H22N12. The van der Waals surface area contributed by atoms with E-state index in [9.17, 15) is 31.6 Å². The average molecular weight is 887 g/mol. The lowest BCUT2D eigenvalue weighted by Crippen LogP contribution is -2.04. The summed E-state index contributed by atoms with van der Waals surface area (Å²) in [6.45, 7) is 33.9. The van der Waals surface area contributed by atoms with Gasteiger partial charge in [-0.2, -0.15) is 31.6 Å². The Hall–Kier alpha value is -11.7. The summed E-state index contributed by atoms with van der Waals surface area (Å²) < 4.78 is 0. The van der Waals surface area contributed by atoms with Gasteiger partial charge in [-0.15, -0.1) is 0 Å². The van der Waals surface area contributed by atoms with Crippen LogP contribution in [-0.2, 0) is 0 Å². The molecule has 0 amide bonds. The second-order valence-electron chi connectivity index (χ2n) is 15.4. The van der Waals surface area contributed by atoms with Crippen molar-refractivity contribution >= 4 is 56.2 Å². The Kier molecular flexibility index (Phi) is 11.2. The molecule has 0 unspecified atom stereocenters. The highest BCUT2D eigenvalue weighted by Crippen LogP contribution is 2.63. The molecule has 2 aliphatic carbocycles. The second-order valence-corrected chi connectivity index (χ2v) is 15.4. The number of hydrogen-bond donors (Lipinski definition) is 0. The number of allylic oxidation sites excluding steroid dienone is 6. The molecule has 0 fully saturated rings. The van der Waals surface area contributed by atoms with Gasteiger partial charge in [0.05, 0.1) is 95.4 Å². The van der Waals surface area contributed by atoms with Crippen LogP contribution in [0.1, 0.15) is 67.0 Å². The summed E-state index contributed by atoms with van der Waals surface area (Å²) in [6.07, 6.45) is 3.08.